The van der Waals surface area contributed by atoms with Crippen molar-refractivity contribution in [2.45, 2.75) is 48.6 Å². The Hall–Kier alpha value is -2.52. The maximum Gasteiger partial charge on any atom is 0.244 e. The van der Waals surface area contributed by atoms with Crippen LogP contribution < -0.4 is 0 Å². The van der Waals surface area contributed by atoms with Crippen molar-refractivity contribution in [2.24, 2.45) is 5.92 Å². The molecule has 0 spiro atoms. The number of rotatable bonds is 5. The van der Waals surface area contributed by atoms with Crippen LogP contribution in [0, 0.1) is 19.8 Å². The Labute approximate surface area is 208 Å². The molecule has 2 fully saturated rings. The van der Waals surface area contributed by atoms with Gasteiger partial charge in [0.25, 0.3) is 0 Å². The molecule has 3 atom stereocenters. The Morgan fingerprint density at radius 2 is 1.20 bits per heavy atom. The van der Waals surface area contributed by atoms with Crippen molar-refractivity contribution in [3.8, 4) is 0 Å². The van der Waals surface area contributed by atoms with Crippen LogP contribution >= 0.6 is 0 Å². The van der Waals surface area contributed by atoms with E-state index in [1.54, 1.807) is 48.5 Å². The van der Waals surface area contributed by atoms with Crippen molar-refractivity contribution in [3.63, 3.8) is 0 Å². The van der Waals surface area contributed by atoms with Gasteiger partial charge in [0.2, 0.25) is 20.0 Å². The molecule has 2 aliphatic heterocycles. The maximum atomic E-state index is 13.9. The molecule has 0 N–H and O–H groups in total. The fraction of sp³-hybridized carbons (Fsp3) is 0.333. The summed E-state index contributed by atoms with van der Waals surface area (Å²) >= 11 is 0. The van der Waals surface area contributed by atoms with Gasteiger partial charge in [-0.05, 0) is 62.4 Å². The number of nitrogens with zero attached hydrogens (tertiary/aromatic N) is 2. The van der Waals surface area contributed by atoms with Crippen LogP contribution in [0.15, 0.2) is 88.7 Å². The highest BCUT2D eigenvalue weighted by Gasteiger charge is 2.54. The Morgan fingerprint density at radius 3 is 1.74 bits per heavy atom. The van der Waals surface area contributed by atoms with Gasteiger partial charge in [-0.3, -0.25) is 0 Å². The SMILES string of the molecule is Cc1ccc(S(=O)(=O)N2CCC[C@H]3[C@@H]2N(S(=O)(=O)c2ccc(C)cc2)C[C@H]3c2ccccc2)cc1. The minimum atomic E-state index is -3.92. The van der Waals surface area contributed by atoms with E-state index in [4.69, 9.17) is 0 Å². The summed E-state index contributed by atoms with van der Waals surface area (Å²) in [6.45, 7) is 4.35. The maximum absolute atomic E-state index is 13.9. The van der Waals surface area contributed by atoms with E-state index < -0.39 is 26.2 Å². The van der Waals surface area contributed by atoms with E-state index in [2.05, 4.69) is 0 Å². The number of aryl methyl sites for hydroxylation is 2. The first-order chi connectivity index (χ1) is 16.7. The lowest BCUT2D eigenvalue weighted by molar-refractivity contribution is 0.131. The first-order valence-corrected chi connectivity index (χ1v) is 14.8. The highest BCUT2D eigenvalue weighted by Crippen LogP contribution is 2.47. The number of hydrogen-bond donors (Lipinski definition) is 0. The molecule has 184 valence electrons. The number of benzene rings is 3. The number of fused-ring (bicyclic) bond motifs is 1. The quantitative estimate of drug-likeness (QED) is 0.506. The molecule has 0 aromatic heterocycles. The average molecular weight is 511 g/mol. The number of hydrogen-bond acceptors (Lipinski definition) is 4. The van der Waals surface area contributed by atoms with Gasteiger partial charge >= 0.3 is 0 Å². The predicted octanol–water partition coefficient (Wildman–Crippen LogP) is 4.52. The van der Waals surface area contributed by atoms with Crippen molar-refractivity contribution < 1.29 is 16.8 Å². The van der Waals surface area contributed by atoms with E-state index in [0.29, 0.717) is 13.0 Å². The lowest BCUT2D eigenvalue weighted by Gasteiger charge is -2.40. The van der Waals surface area contributed by atoms with E-state index in [1.165, 1.54) is 8.61 Å². The van der Waals surface area contributed by atoms with Crippen LogP contribution in [0.3, 0.4) is 0 Å². The van der Waals surface area contributed by atoms with Gasteiger partial charge in [0, 0.05) is 19.0 Å². The van der Waals surface area contributed by atoms with Gasteiger partial charge < -0.3 is 0 Å². The van der Waals surface area contributed by atoms with Crippen molar-refractivity contribution in [2.75, 3.05) is 13.1 Å². The highest BCUT2D eigenvalue weighted by atomic mass is 32.2. The standard InChI is InChI=1S/C27H30N2O4S2/c1-20-10-14-23(15-11-20)34(30,31)28-18-6-9-25-26(22-7-4-3-5-8-22)19-29(27(25)28)35(32,33)24-16-12-21(2)13-17-24/h3-5,7-8,10-17,25-27H,6,9,18-19H2,1-2H3/t25-,26+,27+/m1/s1. The summed E-state index contributed by atoms with van der Waals surface area (Å²) in [5.74, 6) is -0.218. The molecule has 5 rings (SSSR count). The monoisotopic (exact) mass is 510 g/mol. The molecule has 8 heteroatoms. The molecule has 0 saturated carbocycles. The minimum Gasteiger partial charge on any atom is -0.207 e. The van der Waals surface area contributed by atoms with Crippen LogP contribution in [-0.4, -0.2) is 44.7 Å². The second kappa shape index (κ2) is 9.17. The molecule has 6 nitrogen and oxygen atoms in total. The van der Waals surface area contributed by atoms with Crippen molar-refractivity contribution in [3.05, 3.63) is 95.6 Å². The van der Waals surface area contributed by atoms with Crippen LogP contribution in [0.2, 0.25) is 0 Å². The van der Waals surface area contributed by atoms with Crippen molar-refractivity contribution >= 4 is 20.0 Å². The summed E-state index contributed by atoms with van der Waals surface area (Å²) in [6, 6.07) is 23.4. The van der Waals surface area contributed by atoms with Crippen LogP contribution in [0.5, 0.6) is 0 Å². The zero-order chi connectivity index (χ0) is 24.8. The molecule has 0 bridgehead atoms. The molecule has 3 aromatic rings. The van der Waals surface area contributed by atoms with E-state index in [1.807, 2.05) is 44.2 Å². The Bertz CT molecular complexity index is 1400. The van der Waals surface area contributed by atoms with Crippen LogP contribution in [0.1, 0.15) is 35.4 Å². The second-order valence-corrected chi connectivity index (χ2v) is 13.3. The molecule has 2 heterocycles. The minimum absolute atomic E-state index is 0.0857. The van der Waals surface area contributed by atoms with E-state index in [9.17, 15) is 16.8 Å². The van der Waals surface area contributed by atoms with E-state index in [-0.39, 0.29) is 28.2 Å². The predicted molar refractivity (Wildman–Crippen MR) is 136 cm³/mol. The van der Waals surface area contributed by atoms with Gasteiger partial charge in [-0.1, -0.05) is 65.7 Å². The molecule has 2 aliphatic rings. The molecule has 0 radical (unpaired) electrons. The lowest BCUT2D eigenvalue weighted by Crippen LogP contribution is -2.54. The third kappa shape index (κ3) is 4.33. The number of sulfonamides is 2. The van der Waals surface area contributed by atoms with Gasteiger partial charge in [0.1, 0.15) is 0 Å². The average Bonchev–Trinajstić information content (AvgIpc) is 3.26. The Morgan fingerprint density at radius 1 is 0.686 bits per heavy atom. The van der Waals surface area contributed by atoms with Crippen LogP contribution in [0.25, 0.3) is 0 Å². The molecule has 0 aliphatic carbocycles. The normalized spacial score (nSPS) is 23.8. The van der Waals surface area contributed by atoms with Crippen LogP contribution in [0.4, 0.5) is 0 Å². The summed E-state index contributed by atoms with van der Waals surface area (Å²) in [6.07, 6.45) is 0.685. The third-order valence-corrected chi connectivity index (χ3v) is 11.0. The third-order valence-electron chi connectivity index (χ3n) is 7.27. The molecule has 0 amide bonds. The van der Waals surface area contributed by atoms with Gasteiger partial charge in [0.05, 0.1) is 16.0 Å². The molecule has 3 aromatic carbocycles. The summed E-state index contributed by atoms with van der Waals surface area (Å²) in [5, 5.41) is 0. The van der Waals surface area contributed by atoms with E-state index >= 15 is 0 Å². The summed E-state index contributed by atoms with van der Waals surface area (Å²) in [7, 11) is -7.82. The van der Waals surface area contributed by atoms with Gasteiger partial charge in [-0.15, -0.1) is 0 Å². The van der Waals surface area contributed by atoms with Gasteiger partial charge in [-0.2, -0.15) is 8.61 Å². The molecular formula is C27H30N2O4S2. The summed E-state index contributed by atoms with van der Waals surface area (Å²) in [5.41, 5.74) is 2.97. The summed E-state index contributed by atoms with van der Waals surface area (Å²) in [4.78, 5) is 0.383. The fourth-order valence-corrected chi connectivity index (χ4v) is 8.82. The Balaban J connectivity index is 1.62. The zero-order valence-corrected chi connectivity index (χ0v) is 21.5. The first-order valence-electron chi connectivity index (χ1n) is 11.9. The first kappa shape index (κ1) is 24.2. The summed E-state index contributed by atoms with van der Waals surface area (Å²) < 4.78 is 58.4. The molecule has 0 unspecified atom stereocenters. The Kier molecular flexibility index (Phi) is 6.34. The van der Waals surface area contributed by atoms with E-state index in [0.717, 1.165) is 23.1 Å². The number of piperidine rings is 1. The smallest absolute Gasteiger partial charge is 0.207 e. The van der Waals surface area contributed by atoms with Crippen molar-refractivity contribution in [1.29, 1.82) is 0 Å². The molecule has 2 saturated heterocycles. The lowest BCUT2D eigenvalue weighted by atomic mass is 9.83. The van der Waals surface area contributed by atoms with Crippen molar-refractivity contribution in [1.82, 2.24) is 8.61 Å². The molecular weight excluding hydrogens is 480 g/mol. The fourth-order valence-electron chi connectivity index (χ4n) is 5.43. The highest BCUT2D eigenvalue weighted by molar-refractivity contribution is 7.90. The zero-order valence-electron chi connectivity index (χ0n) is 19.9. The van der Waals surface area contributed by atoms with Crippen LogP contribution in [-0.2, 0) is 20.0 Å². The molecule has 35 heavy (non-hydrogen) atoms. The largest absolute Gasteiger partial charge is 0.244 e. The topological polar surface area (TPSA) is 74.8 Å². The van der Waals surface area contributed by atoms with Gasteiger partial charge in [0.15, 0.2) is 0 Å². The van der Waals surface area contributed by atoms with Gasteiger partial charge in [-0.25, -0.2) is 16.8 Å². The second-order valence-electron chi connectivity index (χ2n) is 9.55.